The van der Waals surface area contributed by atoms with Gasteiger partial charge in [0.2, 0.25) is 0 Å². The fraction of sp³-hybridized carbons (Fsp3) is 0.227. The van der Waals surface area contributed by atoms with Crippen molar-refractivity contribution in [2.24, 2.45) is 4.99 Å². The van der Waals surface area contributed by atoms with Crippen molar-refractivity contribution in [3.05, 3.63) is 58.5 Å². The van der Waals surface area contributed by atoms with E-state index in [0.29, 0.717) is 33.9 Å². The number of thioether (sulfide) groups is 1. The Kier molecular flexibility index (Phi) is 7.13. The molecule has 2 aromatic rings. The zero-order chi connectivity index (χ0) is 21.5. The number of unbranched alkanes of at least 4 members (excludes halogenated alkanes) is 1. The summed E-state index contributed by atoms with van der Waals surface area (Å²) in [5.41, 5.74) is 1.38. The first-order chi connectivity index (χ1) is 14.5. The second-order valence-corrected chi connectivity index (χ2v) is 7.48. The molecule has 0 bridgehead atoms. The highest BCUT2D eigenvalue weighted by Gasteiger charge is 2.24. The summed E-state index contributed by atoms with van der Waals surface area (Å²) in [7, 11) is 1.58. The maximum Gasteiger partial charge on any atom is 0.335 e. The number of nitrogens with zero attached hydrogens (tertiary/aromatic N) is 1. The number of benzene rings is 2. The van der Waals surface area contributed by atoms with Crippen LogP contribution in [0.15, 0.2) is 52.4 Å². The third-order valence-electron chi connectivity index (χ3n) is 4.22. The molecule has 0 aromatic heterocycles. The van der Waals surface area contributed by atoms with Crippen molar-refractivity contribution >= 4 is 40.6 Å². The molecule has 0 aliphatic carbocycles. The van der Waals surface area contributed by atoms with Crippen LogP contribution >= 0.6 is 11.8 Å². The lowest BCUT2D eigenvalue weighted by Crippen LogP contribution is -2.19. The highest BCUT2D eigenvalue weighted by molar-refractivity contribution is 8.18. The molecule has 156 valence electrons. The highest BCUT2D eigenvalue weighted by Crippen LogP contribution is 2.32. The first-order valence-corrected chi connectivity index (χ1v) is 10.3. The van der Waals surface area contributed by atoms with E-state index in [1.165, 1.54) is 23.9 Å². The minimum absolute atomic E-state index is 0.135. The van der Waals surface area contributed by atoms with Crippen LogP contribution < -0.4 is 14.8 Å². The monoisotopic (exact) mass is 426 g/mol. The van der Waals surface area contributed by atoms with Crippen molar-refractivity contribution in [3.8, 4) is 11.5 Å². The Hall–Kier alpha value is -3.26. The molecule has 0 unspecified atom stereocenters. The standard InChI is InChI=1S/C22H22N2O5S/c1-3-4-10-29-17-9-8-14(11-18(17)28-2)12-19-20(25)24-22(30-19)23-16-7-5-6-15(13-16)21(26)27/h5-9,11-13H,3-4,10H2,1-2H3,(H,26,27)(H,23,24,25)/b19-12-. The molecule has 8 heteroatoms. The first-order valence-electron chi connectivity index (χ1n) is 9.44. The second-order valence-electron chi connectivity index (χ2n) is 6.45. The quantitative estimate of drug-likeness (QED) is 0.478. The maximum absolute atomic E-state index is 12.3. The molecule has 2 N–H and O–H groups in total. The average Bonchev–Trinajstić information content (AvgIpc) is 3.07. The fourth-order valence-electron chi connectivity index (χ4n) is 2.68. The van der Waals surface area contributed by atoms with Crippen molar-refractivity contribution in [1.82, 2.24) is 5.32 Å². The maximum atomic E-state index is 12.3. The molecule has 3 rings (SSSR count). The largest absolute Gasteiger partial charge is 0.493 e. The van der Waals surface area contributed by atoms with E-state index in [9.17, 15) is 9.59 Å². The average molecular weight is 426 g/mol. The number of hydrogen-bond donors (Lipinski definition) is 2. The summed E-state index contributed by atoms with van der Waals surface area (Å²) in [6.07, 6.45) is 3.75. The lowest BCUT2D eigenvalue weighted by molar-refractivity contribution is -0.115. The zero-order valence-corrected chi connectivity index (χ0v) is 17.5. The van der Waals surface area contributed by atoms with Crippen molar-refractivity contribution in [1.29, 1.82) is 0 Å². The van der Waals surface area contributed by atoms with E-state index in [-0.39, 0.29) is 11.5 Å². The van der Waals surface area contributed by atoms with Crippen LogP contribution in [0.25, 0.3) is 6.08 Å². The number of ether oxygens (including phenoxy) is 2. The third-order valence-corrected chi connectivity index (χ3v) is 5.13. The number of methoxy groups -OCH3 is 1. The van der Waals surface area contributed by atoms with E-state index < -0.39 is 5.97 Å². The smallest absolute Gasteiger partial charge is 0.335 e. The Balaban J connectivity index is 1.77. The van der Waals surface area contributed by atoms with Crippen LogP contribution in [0.4, 0.5) is 5.69 Å². The predicted molar refractivity (Wildman–Crippen MR) is 118 cm³/mol. The molecule has 0 spiro atoms. The van der Waals surface area contributed by atoms with Gasteiger partial charge in [-0.1, -0.05) is 25.5 Å². The van der Waals surface area contributed by atoms with Gasteiger partial charge in [0.05, 0.1) is 29.9 Å². The Morgan fingerprint density at radius 2 is 2.07 bits per heavy atom. The molecule has 1 heterocycles. The number of carbonyl (C=O) groups is 2. The van der Waals surface area contributed by atoms with E-state index in [0.717, 1.165) is 18.4 Å². The third kappa shape index (κ3) is 5.42. The van der Waals surface area contributed by atoms with Gasteiger partial charge in [-0.25, -0.2) is 9.79 Å². The molecule has 0 radical (unpaired) electrons. The van der Waals surface area contributed by atoms with Gasteiger partial charge >= 0.3 is 5.97 Å². The Morgan fingerprint density at radius 3 is 2.80 bits per heavy atom. The summed E-state index contributed by atoms with van der Waals surface area (Å²) in [6, 6.07) is 11.7. The number of aliphatic imine (C=N–C) groups is 1. The number of hydrogen-bond acceptors (Lipinski definition) is 6. The number of carbonyl (C=O) groups excluding carboxylic acids is 1. The molecule has 30 heavy (non-hydrogen) atoms. The summed E-state index contributed by atoms with van der Waals surface area (Å²) < 4.78 is 11.1. The molecule has 0 atom stereocenters. The van der Waals surface area contributed by atoms with E-state index in [1.807, 2.05) is 18.2 Å². The minimum atomic E-state index is -1.03. The van der Waals surface area contributed by atoms with E-state index >= 15 is 0 Å². The Labute approximate surface area is 178 Å². The van der Waals surface area contributed by atoms with E-state index in [1.54, 1.807) is 25.3 Å². The Morgan fingerprint density at radius 1 is 1.23 bits per heavy atom. The second kappa shape index (κ2) is 9.98. The van der Waals surface area contributed by atoms with Gasteiger partial charge in [-0.3, -0.25) is 4.79 Å². The van der Waals surface area contributed by atoms with Crippen LogP contribution in [0.2, 0.25) is 0 Å². The summed E-state index contributed by atoms with van der Waals surface area (Å²) in [4.78, 5) is 28.2. The highest BCUT2D eigenvalue weighted by atomic mass is 32.2. The molecule has 1 aliphatic heterocycles. The van der Waals surface area contributed by atoms with Crippen LogP contribution in [0.1, 0.15) is 35.7 Å². The van der Waals surface area contributed by atoms with Gasteiger partial charge in [-0.15, -0.1) is 0 Å². The lowest BCUT2D eigenvalue weighted by atomic mass is 10.2. The summed E-state index contributed by atoms with van der Waals surface area (Å²) in [5, 5.41) is 12.2. The van der Waals surface area contributed by atoms with Gasteiger partial charge in [-0.05, 0) is 60.2 Å². The number of carboxylic acids is 1. The van der Waals surface area contributed by atoms with Crippen molar-refractivity contribution < 1.29 is 24.2 Å². The summed E-state index contributed by atoms with van der Waals surface area (Å²) >= 11 is 1.19. The predicted octanol–water partition coefficient (Wildman–Crippen LogP) is 4.46. The molecule has 2 aromatic carbocycles. The van der Waals surface area contributed by atoms with Crippen LogP contribution in [0, 0.1) is 0 Å². The number of aromatic carboxylic acids is 1. The van der Waals surface area contributed by atoms with Gasteiger partial charge in [0.1, 0.15) is 0 Å². The number of amidine groups is 1. The summed E-state index contributed by atoms with van der Waals surface area (Å²) in [6.45, 7) is 2.72. The summed E-state index contributed by atoms with van der Waals surface area (Å²) in [5.74, 6) is -0.0346. The number of amides is 1. The molecular formula is C22H22N2O5S. The number of rotatable bonds is 8. The van der Waals surface area contributed by atoms with Gasteiger partial charge < -0.3 is 19.9 Å². The SMILES string of the molecule is CCCCOc1ccc(/C=C2\SC(=Nc3cccc(C(=O)O)c3)NC2=O)cc1OC. The van der Waals surface area contributed by atoms with Gasteiger partial charge in [0, 0.05) is 0 Å². The van der Waals surface area contributed by atoms with Crippen molar-refractivity contribution in [2.45, 2.75) is 19.8 Å². The van der Waals surface area contributed by atoms with Crippen LogP contribution in [0.3, 0.4) is 0 Å². The molecule has 1 saturated heterocycles. The van der Waals surface area contributed by atoms with Crippen LogP contribution in [0.5, 0.6) is 11.5 Å². The Bertz CT molecular complexity index is 1020. The first kappa shape index (κ1) is 21.4. The number of nitrogens with one attached hydrogen (secondary N) is 1. The molecule has 7 nitrogen and oxygen atoms in total. The van der Waals surface area contributed by atoms with Crippen molar-refractivity contribution in [3.63, 3.8) is 0 Å². The molecule has 0 saturated carbocycles. The minimum Gasteiger partial charge on any atom is -0.493 e. The lowest BCUT2D eigenvalue weighted by Gasteiger charge is -2.11. The number of carboxylic acid groups (broad SMARTS) is 1. The van der Waals surface area contributed by atoms with Crippen LogP contribution in [-0.4, -0.2) is 35.9 Å². The zero-order valence-electron chi connectivity index (χ0n) is 16.7. The molecular weight excluding hydrogens is 404 g/mol. The fourth-order valence-corrected chi connectivity index (χ4v) is 3.52. The van der Waals surface area contributed by atoms with E-state index in [4.69, 9.17) is 14.6 Å². The van der Waals surface area contributed by atoms with E-state index in [2.05, 4.69) is 17.2 Å². The van der Waals surface area contributed by atoms with Gasteiger partial charge in [0.15, 0.2) is 16.7 Å². The van der Waals surface area contributed by atoms with Gasteiger partial charge in [-0.2, -0.15) is 0 Å². The van der Waals surface area contributed by atoms with Crippen LogP contribution in [-0.2, 0) is 4.79 Å². The molecule has 1 amide bonds. The van der Waals surface area contributed by atoms with Gasteiger partial charge in [0.25, 0.3) is 5.91 Å². The topological polar surface area (TPSA) is 97.2 Å². The normalized spacial score (nSPS) is 16.0. The molecule has 1 fully saturated rings. The molecule has 1 aliphatic rings. The van der Waals surface area contributed by atoms with Crippen molar-refractivity contribution in [2.75, 3.05) is 13.7 Å².